The van der Waals surface area contributed by atoms with E-state index in [-0.39, 0.29) is 0 Å². The summed E-state index contributed by atoms with van der Waals surface area (Å²) in [7, 11) is 0. The largest absolute Gasteiger partial charge is 0.487 e. The third-order valence-electron chi connectivity index (χ3n) is 4.03. The number of rotatable bonds is 7. The van der Waals surface area contributed by atoms with E-state index in [1.165, 1.54) is 0 Å². The van der Waals surface area contributed by atoms with Gasteiger partial charge in [-0.25, -0.2) is 0 Å². The Morgan fingerprint density at radius 3 is 2.20 bits per heavy atom. The van der Waals surface area contributed by atoms with Crippen LogP contribution in [0.5, 0.6) is 5.75 Å². The molecule has 156 valence electrons. The van der Waals surface area contributed by atoms with E-state index >= 15 is 0 Å². The van der Waals surface area contributed by atoms with Crippen molar-refractivity contribution >= 4 is 97.8 Å². The summed E-state index contributed by atoms with van der Waals surface area (Å²) < 4.78 is 7.95. The maximum Gasteiger partial charge on any atom is 0.146 e. The van der Waals surface area contributed by atoms with Gasteiger partial charge in [-0.2, -0.15) is 5.10 Å². The van der Waals surface area contributed by atoms with Crippen molar-refractivity contribution in [2.24, 2.45) is 5.10 Å². The fourth-order valence-corrected chi connectivity index (χ4v) is 5.65. The average molecular weight is 706 g/mol. The summed E-state index contributed by atoms with van der Waals surface area (Å²) >= 11 is 29.0. The van der Waals surface area contributed by atoms with Gasteiger partial charge < -0.3 is 10.2 Å². The third-order valence-corrected chi connectivity index (χ3v) is 6.93. The fourth-order valence-electron chi connectivity index (χ4n) is 2.53. The van der Waals surface area contributed by atoms with Crippen LogP contribution in [-0.2, 0) is 13.2 Å². The van der Waals surface area contributed by atoms with Gasteiger partial charge in [-0.05, 0) is 87.1 Å². The number of halogens is 6. The minimum Gasteiger partial charge on any atom is -0.487 e. The highest BCUT2D eigenvalue weighted by atomic mass is 127. The lowest BCUT2D eigenvalue weighted by Crippen LogP contribution is -2.07. The first-order valence-electron chi connectivity index (χ1n) is 8.59. The molecule has 0 saturated heterocycles. The van der Waals surface area contributed by atoms with Crippen LogP contribution >= 0.6 is 91.6 Å². The zero-order valence-corrected chi connectivity index (χ0v) is 22.6. The monoisotopic (exact) mass is 704 g/mol. The van der Waals surface area contributed by atoms with Gasteiger partial charge in [0.1, 0.15) is 12.4 Å². The molecule has 9 heteroatoms. The van der Waals surface area contributed by atoms with Crippen molar-refractivity contribution < 1.29 is 4.74 Å². The van der Waals surface area contributed by atoms with E-state index in [2.05, 4.69) is 55.7 Å². The lowest BCUT2D eigenvalue weighted by Gasteiger charge is -2.12. The normalized spacial score (nSPS) is 11.1. The lowest BCUT2D eigenvalue weighted by molar-refractivity contribution is 0.302. The molecule has 3 aromatic rings. The van der Waals surface area contributed by atoms with Gasteiger partial charge in [-0.3, -0.25) is 0 Å². The van der Waals surface area contributed by atoms with Crippen LogP contribution in [0.1, 0.15) is 16.7 Å². The molecule has 3 rings (SSSR count). The summed E-state index contributed by atoms with van der Waals surface area (Å²) in [5.41, 5.74) is 5.61. The Bertz CT molecular complexity index is 1050. The van der Waals surface area contributed by atoms with Crippen LogP contribution in [0.15, 0.2) is 53.6 Å². The van der Waals surface area contributed by atoms with E-state index in [0.717, 1.165) is 29.6 Å². The van der Waals surface area contributed by atoms with Gasteiger partial charge >= 0.3 is 0 Å². The standard InChI is InChI=1S/C21H14Cl4I2N2O/c22-14-5-4-13(18(25)8-14)11-30-21-19(26)6-12(7-20(21)27)9-28-29-10-15-16(23)2-1-3-17(15)24/h1-9,29H,10-11H2/b28-9-. The maximum absolute atomic E-state index is 6.23. The second-order valence-corrected chi connectivity index (χ2v) is 10.1. The quantitative estimate of drug-likeness (QED) is 0.153. The SMILES string of the molecule is Clc1ccc(COc2c(I)cc(/C=N\NCc3c(Cl)cccc3Cl)cc2I)c(Cl)c1. The molecule has 0 aliphatic heterocycles. The van der Waals surface area contributed by atoms with Gasteiger partial charge in [0.05, 0.1) is 19.9 Å². The molecule has 0 aromatic heterocycles. The Balaban J connectivity index is 1.64. The van der Waals surface area contributed by atoms with Crippen LogP contribution in [-0.4, -0.2) is 6.21 Å². The Hall–Kier alpha value is -0.450. The van der Waals surface area contributed by atoms with Crippen LogP contribution < -0.4 is 10.2 Å². The molecule has 0 saturated carbocycles. The van der Waals surface area contributed by atoms with E-state index in [1.54, 1.807) is 30.5 Å². The Morgan fingerprint density at radius 2 is 1.57 bits per heavy atom. The maximum atomic E-state index is 6.23. The third kappa shape index (κ3) is 6.53. The zero-order valence-electron chi connectivity index (χ0n) is 15.2. The molecule has 30 heavy (non-hydrogen) atoms. The Morgan fingerprint density at radius 1 is 0.900 bits per heavy atom. The summed E-state index contributed by atoms with van der Waals surface area (Å²) in [5, 5.41) is 6.67. The molecule has 0 aliphatic carbocycles. The van der Waals surface area contributed by atoms with Gasteiger partial charge in [0.15, 0.2) is 0 Å². The Labute approximate surface area is 222 Å². The highest BCUT2D eigenvalue weighted by Gasteiger charge is 2.10. The smallest absolute Gasteiger partial charge is 0.146 e. The molecule has 0 radical (unpaired) electrons. The number of hydrogen-bond donors (Lipinski definition) is 1. The van der Waals surface area contributed by atoms with Gasteiger partial charge in [-0.15, -0.1) is 0 Å². The number of hydrazone groups is 1. The molecular weight excluding hydrogens is 692 g/mol. The summed E-state index contributed by atoms with van der Waals surface area (Å²) in [4.78, 5) is 0. The molecule has 3 aromatic carbocycles. The molecule has 0 spiro atoms. The first-order valence-corrected chi connectivity index (χ1v) is 12.3. The highest BCUT2D eigenvalue weighted by molar-refractivity contribution is 14.1. The number of nitrogens with zero attached hydrogens (tertiary/aromatic N) is 1. The predicted octanol–water partition coefficient (Wildman–Crippen LogP) is 8.21. The number of hydrogen-bond acceptors (Lipinski definition) is 3. The van der Waals surface area contributed by atoms with E-state index in [0.29, 0.717) is 33.2 Å². The fraction of sp³-hybridized carbons (Fsp3) is 0.0952. The van der Waals surface area contributed by atoms with Crippen LogP contribution in [0.25, 0.3) is 0 Å². The molecule has 0 aliphatic rings. The predicted molar refractivity (Wildman–Crippen MR) is 144 cm³/mol. The summed E-state index contributed by atoms with van der Waals surface area (Å²) in [6, 6.07) is 14.8. The first-order chi connectivity index (χ1) is 14.3. The summed E-state index contributed by atoms with van der Waals surface area (Å²) in [5.74, 6) is 0.801. The lowest BCUT2D eigenvalue weighted by atomic mass is 10.2. The van der Waals surface area contributed by atoms with Crippen molar-refractivity contribution in [2.75, 3.05) is 0 Å². The second-order valence-electron chi connectivity index (χ2n) is 6.13. The van der Waals surface area contributed by atoms with Crippen LogP contribution in [0.4, 0.5) is 0 Å². The molecule has 3 nitrogen and oxygen atoms in total. The van der Waals surface area contributed by atoms with E-state index < -0.39 is 0 Å². The van der Waals surface area contributed by atoms with Crippen molar-refractivity contribution in [1.29, 1.82) is 0 Å². The molecule has 1 N–H and O–H groups in total. The minimum absolute atomic E-state index is 0.357. The van der Waals surface area contributed by atoms with Gasteiger partial charge in [0.2, 0.25) is 0 Å². The average Bonchev–Trinajstić information content (AvgIpc) is 2.68. The van der Waals surface area contributed by atoms with E-state index in [4.69, 9.17) is 51.1 Å². The van der Waals surface area contributed by atoms with Crippen LogP contribution in [0, 0.1) is 7.14 Å². The van der Waals surface area contributed by atoms with Gasteiger partial charge in [-0.1, -0.05) is 58.5 Å². The topological polar surface area (TPSA) is 33.6 Å². The van der Waals surface area contributed by atoms with Crippen molar-refractivity contribution in [2.45, 2.75) is 13.2 Å². The van der Waals surface area contributed by atoms with Gasteiger partial charge in [0.25, 0.3) is 0 Å². The molecule has 0 fully saturated rings. The van der Waals surface area contributed by atoms with Gasteiger partial charge in [0, 0.05) is 31.2 Å². The molecule has 0 bridgehead atoms. The number of ether oxygens (including phenoxy) is 1. The first kappa shape index (κ1) is 24.2. The highest BCUT2D eigenvalue weighted by Crippen LogP contribution is 2.30. The zero-order chi connectivity index (χ0) is 21.7. The van der Waals surface area contributed by atoms with Crippen molar-refractivity contribution in [1.82, 2.24) is 5.43 Å². The molecule has 0 atom stereocenters. The molecule has 0 heterocycles. The number of benzene rings is 3. The molecule has 0 unspecified atom stereocenters. The van der Waals surface area contributed by atoms with Crippen LogP contribution in [0.2, 0.25) is 20.1 Å². The molecular formula is C21H14Cl4I2N2O. The summed E-state index contributed by atoms with van der Waals surface area (Å²) in [6.45, 7) is 0.793. The number of nitrogens with one attached hydrogen (secondary N) is 1. The summed E-state index contributed by atoms with van der Waals surface area (Å²) in [6.07, 6.45) is 1.74. The second kappa shape index (κ2) is 11.4. The minimum atomic E-state index is 0.357. The van der Waals surface area contributed by atoms with Crippen LogP contribution in [0.3, 0.4) is 0 Å². The van der Waals surface area contributed by atoms with Crippen molar-refractivity contribution in [3.63, 3.8) is 0 Å². The van der Waals surface area contributed by atoms with E-state index in [9.17, 15) is 0 Å². The molecule has 0 amide bonds. The Kier molecular flexibility index (Phi) is 9.22. The van der Waals surface area contributed by atoms with E-state index in [1.807, 2.05) is 24.3 Å². The van der Waals surface area contributed by atoms with Crippen molar-refractivity contribution in [3.05, 3.63) is 92.5 Å². The van der Waals surface area contributed by atoms with Crippen molar-refractivity contribution in [3.8, 4) is 5.75 Å².